The Morgan fingerprint density at radius 2 is 1.67 bits per heavy atom. The molecule has 4 atom stereocenters. The van der Waals surface area contributed by atoms with Crippen molar-refractivity contribution in [1.29, 1.82) is 0 Å². The second-order valence-electron chi connectivity index (χ2n) is 2.81. The van der Waals surface area contributed by atoms with E-state index in [1.807, 2.05) is 0 Å². The zero-order chi connectivity index (χ0) is 12.0. The number of carboxylic acid groups (broad SMARTS) is 1. The molecule has 0 amide bonds. The second kappa shape index (κ2) is 6.46. The average molecular weight is 222 g/mol. The number of rotatable bonds is 7. The van der Waals surface area contributed by atoms with Crippen molar-refractivity contribution < 1.29 is 34.4 Å². The third-order valence-electron chi connectivity index (χ3n) is 1.91. The maximum absolute atomic E-state index is 10.5. The lowest BCUT2D eigenvalue weighted by Crippen LogP contribution is -2.50. The van der Waals surface area contributed by atoms with Crippen molar-refractivity contribution >= 4 is 12.3 Å². The predicted molar refractivity (Wildman–Crippen MR) is 47.3 cm³/mol. The van der Waals surface area contributed by atoms with E-state index in [9.17, 15) is 19.8 Å². The van der Waals surface area contributed by atoms with Crippen LogP contribution in [0.15, 0.2) is 0 Å². The van der Waals surface area contributed by atoms with E-state index in [2.05, 4.69) is 4.74 Å². The molecule has 0 aliphatic heterocycles. The molecule has 0 aromatic heterocycles. The first-order valence-electron chi connectivity index (χ1n) is 4.09. The first-order valence-corrected chi connectivity index (χ1v) is 4.09. The molecule has 0 aromatic carbocycles. The summed E-state index contributed by atoms with van der Waals surface area (Å²) < 4.78 is 9.37. The highest BCUT2D eigenvalue weighted by Crippen LogP contribution is 2.11. The van der Waals surface area contributed by atoms with E-state index < -0.39 is 30.4 Å². The molecule has 0 heterocycles. The normalized spacial score (nSPS) is 18.9. The summed E-state index contributed by atoms with van der Waals surface area (Å²) >= 11 is 0. The van der Waals surface area contributed by atoms with Gasteiger partial charge in [-0.25, -0.2) is 4.79 Å². The Hall–Kier alpha value is -1.02. The Morgan fingerprint density at radius 3 is 1.93 bits per heavy atom. The minimum atomic E-state index is -1.88. The van der Waals surface area contributed by atoms with Crippen LogP contribution in [0.2, 0.25) is 0 Å². The van der Waals surface area contributed by atoms with Gasteiger partial charge < -0.3 is 29.6 Å². The molecule has 0 aromatic rings. The lowest BCUT2D eigenvalue weighted by atomic mass is 10.0. The van der Waals surface area contributed by atoms with Crippen molar-refractivity contribution in [3.8, 4) is 0 Å². The topological polar surface area (TPSA) is 113 Å². The monoisotopic (exact) mass is 222 g/mol. The quantitative estimate of drug-likeness (QED) is 0.428. The van der Waals surface area contributed by atoms with Crippen LogP contribution in [0.1, 0.15) is 0 Å². The van der Waals surface area contributed by atoms with Crippen LogP contribution in [0.5, 0.6) is 0 Å². The Labute approximate surface area is 86.2 Å². The SMILES string of the molecule is CO[C@H]([C@H](OC)[C@@H](O)C=O)[C@H](O)C(=O)O. The van der Waals surface area contributed by atoms with Crippen LogP contribution < -0.4 is 0 Å². The molecule has 0 bridgehead atoms. The van der Waals surface area contributed by atoms with Gasteiger partial charge >= 0.3 is 5.97 Å². The van der Waals surface area contributed by atoms with Gasteiger partial charge in [0.15, 0.2) is 12.4 Å². The molecule has 7 nitrogen and oxygen atoms in total. The zero-order valence-corrected chi connectivity index (χ0v) is 8.36. The number of carbonyl (C=O) groups excluding carboxylic acids is 1. The molecule has 0 saturated carbocycles. The average Bonchev–Trinajstić information content (AvgIpc) is 2.23. The molecule has 0 saturated heterocycles. The molecule has 0 fully saturated rings. The number of carboxylic acids is 1. The molecule has 88 valence electrons. The molecular weight excluding hydrogens is 208 g/mol. The largest absolute Gasteiger partial charge is 0.479 e. The highest BCUT2D eigenvalue weighted by molar-refractivity contribution is 5.73. The van der Waals surface area contributed by atoms with Crippen molar-refractivity contribution in [3.63, 3.8) is 0 Å². The van der Waals surface area contributed by atoms with Crippen molar-refractivity contribution in [3.05, 3.63) is 0 Å². The van der Waals surface area contributed by atoms with Crippen LogP contribution in [0, 0.1) is 0 Å². The van der Waals surface area contributed by atoms with Gasteiger partial charge in [0.05, 0.1) is 0 Å². The lowest BCUT2D eigenvalue weighted by molar-refractivity contribution is -0.171. The minimum absolute atomic E-state index is 0.175. The fourth-order valence-corrected chi connectivity index (χ4v) is 1.13. The Balaban J connectivity index is 4.74. The van der Waals surface area contributed by atoms with Gasteiger partial charge in [-0.05, 0) is 0 Å². The van der Waals surface area contributed by atoms with Crippen LogP contribution in [-0.4, -0.2) is 66.2 Å². The summed E-state index contributed by atoms with van der Waals surface area (Å²) in [5.41, 5.74) is 0. The molecule has 0 aliphatic rings. The standard InChI is InChI=1S/C8H14O7/c1-14-6(4(10)3-9)7(15-2)5(11)8(12)13/h3-7,10-11H,1-2H3,(H,12,13)/t4-,5-,6+,7-/m0/s1. The first-order chi connectivity index (χ1) is 6.99. The number of carbonyl (C=O) groups is 2. The summed E-state index contributed by atoms with van der Waals surface area (Å²) in [5.74, 6) is -1.53. The summed E-state index contributed by atoms with van der Waals surface area (Å²) in [4.78, 5) is 20.8. The number of aliphatic hydroxyl groups excluding tert-OH is 2. The van der Waals surface area contributed by atoms with E-state index >= 15 is 0 Å². The van der Waals surface area contributed by atoms with Gasteiger partial charge in [-0.2, -0.15) is 0 Å². The van der Waals surface area contributed by atoms with E-state index in [0.717, 1.165) is 14.2 Å². The lowest BCUT2D eigenvalue weighted by Gasteiger charge is -2.27. The summed E-state index contributed by atoms with van der Waals surface area (Å²) in [6, 6.07) is 0. The molecule has 0 radical (unpaired) electrons. The van der Waals surface area contributed by atoms with E-state index in [0.29, 0.717) is 0 Å². The number of aldehydes is 1. The van der Waals surface area contributed by atoms with E-state index in [1.165, 1.54) is 0 Å². The minimum Gasteiger partial charge on any atom is -0.479 e. The van der Waals surface area contributed by atoms with Crippen LogP contribution in [-0.2, 0) is 19.1 Å². The highest BCUT2D eigenvalue weighted by atomic mass is 16.5. The van der Waals surface area contributed by atoms with Crippen LogP contribution in [0.25, 0.3) is 0 Å². The molecular formula is C8H14O7. The summed E-state index contributed by atoms with van der Waals surface area (Å²) in [6.07, 6.45) is -5.83. The fourth-order valence-electron chi connectivity index (χ4n) is 1.13. The van der Waals surface area contributed by atoms with Gasteiger partial charge in [0.1, 0.15) is 18.3 Å². The van der Waals surface area contributed by atoms with Crippen molar-refractivity contribution in [2.45, 2.75) is 24.4 Å². The maximum Gasteiger partial charge on any atom is 0.335 e. The molecule has 0 rings (SSSR count). The maximum atomic E-state index is 10.5. The molecule has 3 N–H and O–H groups in total. The summed E-state index contributed by atoms with van der Waals surface area (Å²) in [5, 5.41) is 26.9. The van der Waals surface area contributed by atoms with Gasteiger partial charge in [0.2, 0.25) is 0 Å². The fraction of sp³-hybridized carbons (Fsp3) is 0.750. The molecule has 0 unspecified atom stereocenters. The molecule has 0 aliphatic carbocycles. The summed E-state index contributed by atoms with van der Waals surface area (Å²) in [7, 11) is 2.30. The van der Waals surface area contributed by atoms with Crippen molar-refractivity contribution in [2.75, 3.05) is 14.2 Å². The Morgan fingerprint density at radius 1 is 1.20 bits per heavy atom. The highest BCUT2D eigenvalue weighted by Gasteiger charge is 2.37. The number of aliphatic hydroxyl groups is 2. The van der Waals surface area contributed by atoms with E-state index in [1.54, 1.807) is 0 Å². The first kappa shape index (κ1) is 14.0. The van der Waals surface area contributed by atoms with Gasteiger partial charge in [-0.15, -0.1) is 0 Å². The van der Waals surface area contributed by atoms with Crippen LogP contribution in [0.4, 0.5) is 0 Å². The zero-order valence-electron chi connectivity index (χ0n) is 8.36. The number of methoxy groups -OCH3 is 2. The summed E-state index contributed by atoms with van der Waals surface area (Å²) in [6.45, 7) is 0. The van der Waals surface area contributed by atoms with Crippen molar-refractivity contribution in [1.82, 2.24) is 0 Å². The van der Waals surface area contributed by atoms with Crippen LogP contribution in [0.3, 0.4) is 0 Å². The van der Waals surface area contributed by atoms with Crippen LogP contribution >= 0.6 is 0 Å². The Bertz CT molecular complexity index is 217. The third kappa shape index (κ3) is 3.56. The van der Waals surface area contributed by atoms with Gasteiger partial charge in [-0.3, -0.25) is 0 Å². The molecule has 0 spiro atoms. The Kier molecular flexibility index (Phi) is 6.02. The number of aliphatic carboxylic acids is 1. The van der Waals surface area contributed by atoms with Gasteiger partial charge in [-0.1, -0.05) is 0 Å². The molecule has 7 heteroatoms. The van der Waals surface area contributed by atoms with E-state index in [-0.39, 0.29) is 6.29 Å². The van der Waals surface area contributed by atoms with E-state index in [4.69, 9.17) is 9.84 Å². The molecule has 15 heavy (non-hydrogen) atoms. The third-order valence-corrected chi connectivity index (χ3v) is 1.91. The van der Waals surface area contributed by atoms with Gasteiger partial charge in [0, 0.05) is 14.2 Å². The number of hydrogen-bond donors (Lipinski definition) is 3. The number of ether oxygens (including phenoxy) is 2. The second-order valence-corrected chi connectivity index (χ2v) is 2.81. The smallest absolute Gasteiger partial charge is 0.335 e. The van der Waals surface area contributed by atoms with Crippen molar-refractivity contribution in [2.24, 2.45) is 0 Å². The predicted octanol–water partition coefficient (Wildman–Crippen LogP) is -1.98. The van der Waals surface area contributed by atoms with Gasteiger partial charge in [0.25, 0.3) is 0 Å². The number of hydrogen-bond acceptors (Lipinski definition) is 6.